The van der Waals surface area contributed by atoms with Gasteiger partial charge in [0.05, 0.1) is 44.9 Å². The van der Waals surface area contributed by atoms with Crippen LogP contribution in [0.3, 0.4) is 0 Å². The number of rotatable bonds is 53. The molecule has 0 amide bonds. The SMILES string of the molecule is C=COC(=O)CCCCC(=O)OC=C.C=COC(=O)CCCCC(=O)OC[C@H]1O[C@H](O[C@H]2O[C@H](COC(=O)CCCCC(=O)OC=C)[C@@H](O)[C@H](O)[C@H]2O)[C@H](O)[C@@H](O)[C@@H]1O.O=C(CCCCC(=O)OC[C@H]1O[C@H](O[C@H]2O[C@H](COC(=O)CCCCC(=O)OCC(S)CS)[C@@H](O)[C@H](O)[C@H]2O)[C@H](O)[C@@H](O)[C@@H]1O)OCC(S)CS.OCC(S)CS.OC[C@H]1O[C@H](O[C@H]2O[C@H](CO)[C@@H](O)[C@H](O)[C@H]2O)[C@H](O)[C@@H](O)[C@@H]1O. The van der Waals surface area contributed by atoms with E-state index in [4.69, 9.17) is 86.4 Å². The minimum Gasteiger partial charge on any atom is -0.464 e. The Morgan fingerprint density at radius 3 is 0.568 bits per heavy atom. The van der Waals surface area contributed by atoms with Crippen molar-refractivity contribution in [3.05, 3.63) is 51.4 Å². The summed E-state index contributed by atoms with van der Waals surface area (Å²) in [5, 5.41) is 209. The molecule has 0 bridgehead atoms. The molecule has 0 spiro atoms. The number of esters is 10. The second-order valence-electron chi connectivity index (χ2n) is 31.3. The van der Waals surface area contributed by atoms with Crippen molar-refractivity contribution in [2.45, 2.75) is 328 Å². The van der Waals surface area contributed by atoms with Crippen molar-refractivity contribution in [2.75, 3.05) is 76.7 Å². The molecule has 0 radical (unpaired) electrons. The van der Waals surface area contributed by atoms with Gasteiger partial charge in [0.25, 0.3) is 0 Å². The minimum absolute atomic E-state index is 0.0494. The van der Waals surface area contributed by atoms with Crippen molar-refractivity contribution < 1.29 is 245 Å². The number of ether oxygens (including phenoxy) is 19. The van der Waals surface area contributed by atoms with Gasteiger partial charge in [0, 0.05) is 97.2 Å². The van der Waals surface area contributed by atoms with Crippen LogP contribution in [0.2, 0.25) is 0 Å². The van der Waals surface area contributed by atoms with E-state index in [0.29, 0.717) is 81.5 Å². The third-order valence-electron chi connectivity index (χ3n) is 20.4. The van der Waals surface area contributed by atoms with Gasteiger partial charge in [-0.05, 0) is 64.2 Å². The number of aliphatic hydroxyl groups is 21. The van der Waals surface area contributed by atoms with E-state index in [1.807, 2.05) is 0 Å². The van der Waals surface area contributed by atoms with Gasteiger partial charge in [-0.3, -0.25) is 47.9 Å². The molecule has 6 aliphatic heterocycles. The minimum atomic E-state index is -1.90. The van der Waals surface area contributed by atoms with Gasteiger partial charge in [0.15, 0.2) is 37.7 Å². The highest BCUT2D eigenvalue weighted by molar-refractivity contribution is 7.85. The Labute approximate surface area is 832 Å². The fraction of sp³-hybridized carbons (Fsp3) is 0.783. The lowest BCUT2D eigenvalue weighted by Crippen LogP contribution is -2.64. The van der Waals surface area contributed by atoms with Crippen molar-refractivity contribution in [2.24, 2.45) is 0 Å². The van der Waals surface area contributed by atoms with E-state index in [2.05, 4.69) is 121 Å². The van der Waals surface area contributed by atoms with E-state index >= 15 is 0 Å². The van der Waals surface area contributed by atoms with E-state index < -0.39 is 272 Å². The highest BCUT2D eigenvalue weighted by atomic mass is 32.1. The van der Waals surface area contributed by atoms with Crippen molar-refractivity contribution in [1.29, 1.82) is 0 Å². The number of hydrogen-bond donors (Lipinski definition) is 27. The molecule has 6 saturated heterocycles. The monoisotopic (exact) mass is 2120 g/mol. The molecule has 3 unspecified atom stereocenters. The Balaban J connectivity index is 0.000000667. The number of unbranched alkanes of at least 4 members (excludes halogenated alkanes) is 5. The molecule has 6 heterocycles. The summed E-state index contributed by atoms with van der Waals surface area (Å²) in [6.07, 6.45) is -41.8. The molecule has 50 nitrogen and oxygen atoms in total. The van der Waals surface area contributed by atoms with Crippen molar-refractivity contribution in [1.82, 2.24) is 0 Å². The second kappa shape index (κ2) is 72.0. The third kappa shape index (κ3) is 48.6. The molecule has 6 rings (SSSR count). The highest BCUT2D eigenvalue weighted by Crippen LogP contribution is 2.34. The number of aliphatic hydroxyl groups excluding tert-OH is 21. The zero-order chi connectivity index (χ0) is 105. The van der Waals surface area contributed by atoms with Crippen LogP contribution in [0.1, 0.15) is 128 Å². The number of carbonyl (C=O) groups is 10. The van der Waals surface area contributed by atoms with Gasteiger partial charge in [-0.15, -0.1) is 0 Å². The Bertz CT molecular complexity index is 3350. The van der Waals surface area contributed by atoms with Crippen LogP contribution in [-0.4, -0.2) is 444 Å². The molecule has 139 heavy (non-hydrogen) atoms. The number of carbonyl (C=O) groups excluding carboxylic acids is 10. The lowest BCUT2D eigenvalue weighted by atomic mass is 9.98. The van der Waals surface area contributed by atoms with Crippen LogP contribution in [0.15, 0.2) is 51.4 Å². The molecule has 21 N–H and O–H groups in total. The van der Waals surface area contributed by atoms with Crippen LogP contribution >= 0.6 is 75.8 Å². The molecule has 6 aliphatic rings. The average molecular weight is 2130 g/mol. The van der Waals surface area contributed by atoms with Gasteiger partial charge in [0.1, 0.15) is 186 Å². The van der Waals surface area contributed by atoms with E-state index in [9.17, 15) is 140 Å². The van der Waals surface area contributed by atoms with E-state index in [1.54, 1.807) is 0 Å². The van der Waals surface area contributed by atoms with Gasteiger partial charge in [0.2, 0.25) is 0 Å². The molecule has 0 saturated carbocycles. The standard InChI is InChI=1S/C30H50O17S4.C28H42O17.C12H22O11.C10H14O4.C3H8OS2/c31-19(41-9-15(50)13-48)5-1-3-7-21(33)43-11-17-23(35)25(37)27(39)29(45-17)47-30-28(40)26(38)24(36)18(46-30)12-44-22(34)8-4-2-6-20(32)42-10-16(51)14-49;1-3-39-17(29)9-5-7-11-19(31)41-13-15-21(33)23(35)25(37)27(43-15)45-28-26(38)24(36)22(34)16(44-28)14-42-20(32)12-8-6-10-18(30)40-4-2;13-1-3-5(15)7(17)9(19)11(21-3)23-12-10(20)8(18)6(16)4(2-14)22-12;1-3-13-9(11)7-5-6-8-10(12)14-4-2;4-1-3(6)2-5/h15-18,23-30,35-40,48-51H,1-14H2;3-4,15-16,21-28,33-38H,1-2,5-14H2;3-20H,1-2H2;3-4H,1-2,5-8H2;3-6H,1-2H2/t15?,16?,17-,18-,23-,24-,25+,26+,27-,28-,29-,30-;15-,16-,21-,22-,23+,24+,25-,26-,27-,28-;3-,4-,5-,6-,7+,8+,9-,10-,11-,12-;;/m111../s1. The van der Waals surface area contributed by atoms with Crippen LogP contribution in [-0.2, 0) is 138 Å². The van der Waals surface area contributed by atoms with Crippen LogP contribution < -0.4 is 0 Å². The molecule has 804 valence electrons. The van der Waals surface area contributed by atoms with E-state index in [-0.39, 0.29) is 112 Å². The maximum atomic E-state index is 12.2. The normalized spacial score (nSPS) is 31.4. The van der Waals surface area contributed by atoms with Crippen molar-refractivity contribution in [3.8, 4) is 0 Å². The molecule has 0 aromatic rings. The first-order valence-corrected chi connectivity index (χ1v) is 47.3. The number of hydrogen-bond acceptors (Lipinski definition) is 56. The summed E-state index contributed by atoms with van der Waals surface area (Å²) < 4.78 is 96.8. The number of thiol groups is 6. The first-order valence-electron chi connectivity index (χ1n) is 43.9. The molecule has 0 aromatic heterocycles. The lowest BCUT2D eigenvalue weighted by molar-refractivity contribution is -0.376. The quantitative estimate of drug-likeness (QED) is 0.00885. The topological polar surface area (TPSA) is 771 Å². The molecular weight excluding hydrogens is 1990 g/mol. The molecule has 6 fully saturated rings. The summed E-state index contributed by atoms with van der Waals surface area (Å²) in [7, 11) is 0. The predicted octanol–water partition coefficient (Wildman–Crippen LogP) is -6.70. The smallest absolute Gasteiger partial charge is 0.310 e. The average Bonchev–Trinajstić information content (AvgIpc) is 0.795. The van der Waals surface area contributed by atoms with Gasteiger partial charge in [-0.1, -0.05) is 26.3 Å². The largest absolute Gasteiger partial charge is 0.464 e. The summed E-state index contributed by atoms with van der Waals surface area (Å²) in [5.41, 5.74) is 0. The van der Waals surface area contributed by atoms with Crippen molar-refractivity contribution >= 4 is 135 Å². The Hall–Kier alpha value is -5.44. The van der Waals surface area contributed by atoms with Gasteiger partial charge >= 0.3 is 59.7 Å². The zero-order valence-corrected chi connectivity index (χ0v) is 81.1. The summed E-state index contributed by atoms with van der Waals surface area (Å²) in [6.45, 7) is 9.78. The van der Waals surface area contributed by atoms with Gasteiger partial charge < -0.3 is 197 Å². The molecular formula is C83H136O50S6. The first kappa shape index (κ1) is 130. The zero-order valence-electron chi connectivity index (χ0n) is 75.7. The fourth-order valence-corrected chi connectivity index (χ4v) is 12.9. The molecule has 33 atom stereocenters. The van der Waals surface area contributed by atoms with E-state index in [1.165, 1.54) is 0 Å². The molecule has 0 aliphatic carbocycles. The maximum Gasteiger partial charge on any atom is 0.310 e. The van der Waals surface area contributed by atoms with E-state index in [0.717, 1.165) is 25.0 Å². The molecule has 56 heteroatoms. The van der Waals surface area contributed by atoms with Crippen LogP contribution in [0.5, 0.6) is 0 Å². The summed E-state index contributed by atoms with van der Waals surface area (Å²) in [4.78, 5) is 116. The first-order chi connectivity index (χ1) is 65.9. The van der Waals surface area contributed by atoms with Gasteiger partial charge in [-0.2, -0.15) is 75.8 Å². The van der Waals surface area contributed by atoms with Crippen molar-refractivity contribution in [3.63, 3.8) is 0 Å². The third-order valence-corrected chi connectivity index (χ3v) is 23.6. The predicted molar refractivity (Wildman–Crippen MR) is 488 cm³/mol. The van der Waals surface area contributed by atoms with Gasteiger partial charge in [-0.25, -0.2) is 0 Å². The second-order valence-corrected chi connectivity index (χ2v) is 34.6. The highest BCUT2D eigenvalue weighted by Gasteiger charge is 2.54. The Kier molecular flexibility index (Phi) is 67.1. The maximum absolute atomic E-state index is 12.2. The summed E-state index contributed by atoms with van der Waals surface area (Å²) >= 11 is 24.2. The Morgan fingerprint density at radius 1 is 0.245 bits per heavy atom. The fourth-order valence-electron chi connectivity index (χ4n) is 12.4. The van der Waals surface area contributed by atoms with Crippen LogP contribution in [0, 0.1) is 0 Å². The summed E-state index contributed by atoms with van der Waals surface area (Å²) in [6, 6.07) is 0. The summed E-state index contributed by atoms with van der Waals surface area (Å²) in [5.74, 6) is -3.85. The van der Waals surface area contributed by atoms with Crippen LogP contribution in [0.4, 0.5) is 0 Å². The lowest BCUT2D eigenvalue weighted by Gasteiger charge is -2.44. The Morgan fingerprint density at radius 2 is 0.410 bits per heavy atom. The molecule has 0 aromatic carbocycles. The van der Waals surface area contributed by atoms with Crippen LogP contribution in [0.25, 0.3) is 0 Å².